The molecule has 5 nitrogen and oxygen atoms in total. The molecule has 0 radical (unpaired) electrons. The second-order valence-electron chi connectivity index (χ2n) is 12.3. The van der Waals surface area contributed by atoms with Gasteiger partial charge >= 0.3 is 5.97 Å². The second kappa shape index (κ2) is 11.6. The highest BCUT2D eigenvalue weighted by Crippen LogP contribution is 2.62. The van der Waals surface area contributed by atoms with E-state index in [-0.39, 0.29) is 23.3 Å². The number of sulfone groups is 1. The monoisotopic (exact) mass is 562 g/mol. The molecule has 6 rings (SSSR count). The number of allylic oxidation sites excluding steroid dienone is 2. The molecule has 40 heavy (non-hydrogen) atoms. The smallest absolute Gasteiger partial charge is 0.330 e. The Balaban J connectivity index is 1.52. The van der Waals surface area contributed by atoms with Crippen LogP contribution in [-0.4, -0.2) is 33.4 Å². The first-order valence-electron chi connectivity index (χ1n) is 14.6. The van der Waals surface area contributed by atoms with Crippen molar-refractivity contribution in [2.24, 2.45) is 17.8 Å². The van der Waals surface area contributed by atoms with Gasteiger partial charge in [-0.05, 0) is 124 Å². The minimum atomic E-state index is -3.70. The number of esters is 1. The maximum atomic E-state index is 13.8. The van der Waals surface area contributed by atoms with Gasteiger partial charge in [-0.2, -0.15) is 0 Å². The van der Waals surface area contributed by atoms with Gasteiger partial charge in [-0.1, -0.05) is 35.9 Å². The average Bonchev–Trinajstić information content (AvgIpc) is 2.92. The van der Waals surface area contributed by atoms with Crippen molar-refractivity contribution in [1.29, 1.82) is 0 Å². The van der Waals surface area contributed by atoms with Crippen LogP contribution in [0.1, 0.15) is 76.8 Å². The van der Waals surface area contributed by atoms with Crippen LogP contribution in [0.25, 0.3) is 5.57 Å². The predicted octanol–water partition coefficient (Wildman–Crippen LogP) is 7.31. The van der Waals surface area contributed by atoms with Crippen LogP contribution in [0.15, 0.2) is 71.2 Å². The first-order chi connectivity index (χ1) is 19.1. The maximum Gasteiger partial charge on any atom is 0.330 e. The second-order valence-corrected chi connectivity index (χ2v) is 14.5. The fraction of sp³-hybridized carbons (Fsp3) is 0.500. The van der Waals surface area contributed by atoms with E-state index in [1.165, 1.54) is 50.2 Å². The molecular formula is C34H42O5S. The van der Waals surface area contributed by atoms with E-state index < -0.39 is 21.1 Å². The van der Waals surface area contributed by atoms with Gasteiger partial charge in [0.25, 0.3) is 0 Å². The molecule has 214 valence electrons. The molecule has 4 aliphatic carbocycles. The summed E-state index contributed by atoms with van der Waals surface area (Å²) in [4.78, 5) is 12.4. The number of carbonyl (C=O) groups excluding carboxylic acids is 1. The summed E-state index contributed by atoms with van der Waals surface area (Å²) in [6.45, 7) is 5.80. The van der Waals surface area contributed by atoms with Crippen LogP contribution >= 0.6 is 0 Å². The minimum Gasteiger partial charge on any atom is -0.496 e. The van der Waals surface area contributed by atoms with Crippen LogP contribution in [0.3, 0.4) is 0 Å². The Labute approximate surface area is 239 Å². The molecule has 4 aliphatic rings. The predicted molar refractivity (Wildman–Crippen MR) is 159 cm³/mol. The van der Waals surface area contributed by atoms with Gasteiger partial charge in [-0.3, -0.25) is 0 Å². The van der Waals surface area contributed by atoms with Crippen LogP contribution < -0.4 is 4.74 Å². The number of ether oxygens (including phenoxy) is 2. The summed E-state index contributed by atoms with van der Waals surface area (Å²) >= 11 is 0. The number of hydrogen-bond acceptors (Lipinski definition) is 5. The third-order valence-electron chi connectivity index (χ3n) is 9.34. The molecule has 0 spiro atoms. The lowest BCUT2D eigenvalue weighted by Crippen LogP contribution is -2.48. The van der Waals surface area contributed by atoms with E-state index in [1.54, 1.807) is 45.2 Å². The Morgan fingerprint density at radius 3 is 2.20 bits per heavy atom. The third-order valence-corrected chi connectivity index (χ3v) is 11.4. The normalized spacial score (nSPS) is 26.9. The lowest BCUT2D eigenvalue weighted by molar-refractivity contribution is -0.137. The fourth-order valence-corrected chi connectivity index (χ4v) is 9.74. The SMILES string of the molecule is CCOC(=O)/C=C(\C)CC(/C=C(\C)c1ccc(OC)c(C23CC4CC(CC(C4)C2)C3)c1)S(=O)(=O)c1ccccc1. The minimum absolute atomic E-state index is 0.158. The van der Waals surface area contributed by atoms with Gasteiger partial charge in [0.2, 0.25) is 0 Å². The molecule has 1 unspecified atom stereocenters. The van der Waals surface area contributed by atoms with Gasteiger partial charge in [0.05, 0.1) is 23.9 Å². The van der Waals surface area contributed by atoms with Gasteiger partial charge in [0.1, 0.15) is 5.75 Å². The standard InChI is InChI=1S/C34H42O5S/c1-5-39-33(35)14-23(2)13-30(40(36,37)29-9-7-6-8-10-29)15-24(3)28-11-12-32(38-4)31(19-28)34-20-25-16-26(21-34)18-27(17-25)22-34/h6-12,14-15,19,25-27,30H,5,13,16-18,20-22H2,1-4H3/b23-14+,24-15+. The summed E-state index contributed by atoms with van der Waals surface area (Å²) in [5, 5.41) is -0.828. The lowest BCUT2D eigenvalue weighted by atomic mass is 9.48. The molecule has 4 bridgehead atoms. The molecule has 0 aromatic heterocycles. The van der Waals surface area contributed by atoms with Crippen LogP contribution in [0.5, 0.6) is 5.75 Å². The highest BCUT2D eigenvalue weighted by Gasteiger charge is 2.52. The van der Waals surface area contributed by atoms with Crippen molar-refractivity contribution in [3.8, 4) is 5.75 Å². The quantitative estimate of drug-likeness (QED) is 0.224. The summed E-state index contributed by atoms with van der Waals surface area (Å²) in [5.41, 5.74) is 4.04. The number of benzene rings is 2. The molecule has 6 heteroatoms. The van der Waals surface area contributed by atoms with Crippen LogP contribution in [0.2, 0.25) is 0 Å². The summed E-state index contributed by atoms with van der Waals surface area (Å²) in [6.07, 6.45) is 11.3. The Bertz CT molecular complexity index is 1370. The van der Waals surface area contributed by atoms with Gasteiger partial charge in [-0.15, -0.1) is 0 Å². The van der Waals surface area contributed by atoms with Crippen molar-refractivity contribution >= 4 is 21.4 Å². The first-order valence-corrected chi connectivity index (χ1v) is 16.2. The molecule has 0 heterocycles. The van der Waals surface area contributed by atoms with E-state index >= 15 is 0 Å². The van der Waals surface area contributed by atoms with Gasteiger partial charge in [-0.25, -0.2) is 13.2 Å². The van der Waals surface area contributed by atoms with Crippen molar-refractivity contribution in [3.63, 3.8) is 0 Å². The van der Waals surface area contributed by atoms with Gasteiger partial charge in [0, 0.05) is 11.6 Å². The Hall–Kier alpha value is -2.86. The molecule has 0 saturated heterocycles. The molecule has 0 aliphatic heterocycles. The molecule has 4 saturated carbocycles. The van der Waals surface area contributed by atoms with Gasteiger partial charge < -0.3 is 9.47 Å². The van der Waals surface area contributed by atoms with E-state index in [0.29, 0.717) is 5.57 Å². The molecule has 4 fully saturated rings. The van der Waals surface area contributed by atoms with Crippen molar-refractivity contribution in [1.82, 2.24) is 0 Å². The highest BCUT2D eigenvalue weighted by molar-refractivity contribution is 7.92. The molecule has 2 aromatic carbocycles. The summed E-state index contributed by atoms with van der Waals surface area (Å²) in [7, 11) is -1.95. The largest absolute Gasteiger partial charge is 0.496 e. The summed E-state index contributed by atoms with van der Waals surface area (Å²) in [6, 6.07) is 14.9. The molecule has 1 atom stereocenters. The topological polar surface area (TPSA) is 69.7 Å². The molecule has 2 aromatic rings. The zero-order valence-electron chi connectivity index (χ0n) is 24.2. The Morgan fingerprint density at radius 1 is 1.00 bits per heavy atom. The Kier molecular flexibility index (Phi) is 8.28. The number of methoxy groups -OCH3 is 1. The van der Waals surface area contributed by atoms with Crippen molar-refractivity contribution in [3.05, 3.63) is 77.4 Å². The lowest BCUT2D eigenvalue weighted by Gasteiger charge is -2.57. The third kappa shape index (κ3) is 5.79. The average molecular weight is 563 g/mol. The van der Waals surface area contributed by atoms with E-state index in [1.807, 2.05) is 25.1 Å². The zero-order valence-corrected chi connectivity index (χ0v) is 25.0. The number of rotatable bonds is 10. The number of hydrogen-bond donors (Lipinski definition) is 0. The highest BCUT2D eigenvalue weighted by atomic mass is 32.2. The van der Waals surface area contributed by atoms with Crippen LogP contribution in [0.4, 0.5) is 0 Å². The van der Waals surface area contributed by atoms with E-state index in [0.717, 1.165) is 34.6 Å². The zero-order chi connectivity index (χ0) is 28.5. The first kappa shape index (κ1) is 28.7. The molecule has 0 amide bonds. The summed E-state index contributed by atoms with van der Waals surface area (Å²) in [5.74, 6) is 2.93. The van der Waals surface area contributed by atoms with E-state index in [4.69, 9.17) is 9.47 Å². The summed E-state index contributed by atoms with van der Waals surface area (Å²) < 4.78 is 38.6. The molecular weight excluding hydrogens is 520 g/mol. The van der Waals surface area contributed by atoms with Crippen molar-refractivity contribution in [2.75, 3.05) is 13.7 Å². The van der Waals surface area contributed by atoms with Crippen LogP contribution in [0, 0.1) is 17.8 Å². The van der Waals surface area contributed by atoms with E-state index in [9.17, 15) is 13.2 Å². The van der Waals surface area contributed by atoms with Crippen LogP contribution in [-0.2, 0) is 24.8 Å². The number of carbonyl (C=O) groups is 1. The van der Waals surface area contributed by atoms with Crippen molar-refractivity contribution in [2.45, 2.75) is 81.3 Å². The fourth-order valence-electron chi connectivity index (χ4n) is 7.99. The van der Waals surface area contributed by atoms with Crippen molar-refractivity contribution < 1.29 is 22.7 Å². The maximum absolute atomic E-state index is 13.8. The van der Waals surface area contributed by atoms with E-state index in [2.05, 4.69) is 12.1 Å². The van der Waals surface area contributed by atoms with Gasteiger partial charge in [0.15, 0.2) is 9.84 Å². The Morgan fingerprint density at radius 2 is 1.62 bits per heavy atom. The molecule has 0 N–H and O–H groups in total.